The summed E-state index contributed by atoms with van der Waals surface area (Å²) in [6.45, 7) is 3.97. The molecule has 2 aromatic rings. The Morgan fingerprint density at radius 2 is 1.63 bits per heavy atom. The fourth-order valence-electron chi connectivity index (χ4n) is 3.15. The highest BCUT2D eigenvalue weighted by Gasteiger charge is 2.28. The number of rotatable bonds is 10. The highest BCUT2D eigenvalue weighted by atomic mass is 16.5. The Morgan fingerprint density at radius 3 is 2.17 bits per heavy atom. The Labute approximate surface area is 177 Å². The molecule has 7 heteroatoms. The molecule has 7 nitrogen and oxygen atoms in total. The molecule has 0 aliphatic heterocycles. The number of methoxy groups -OCH3 is 2. The Kier molecular flexibility index (Phi) is 8.53. The fourth-order valence-corrected chi connectivity index (χ4v) is 3.15. The van der Waals surface area contributed by atoms with E-state index in [0.29, 0.717) is 30.2 Å². The van der Waals surface area contributed by atoms with Crippen molar-refractivity contribution in [2.75, 3.05) is 27.9 Å². The molecule has 162 valence electrons. The minimum Gasteiger partial charge on any atom is -0.496 e. The normalized spacial score (nSPS) is 11.4. The van der Waals surface area contributed by atoms with Crippen LogP contribution in [0.25, 0.3) is 0 Å². The Hall–Kier alpha value is -3.22. The molecule has 2 rings (SSSR count). The van der Waals surface area contributed by atoms with Crippen molar-refractivity contribution in [3.05, 3.63) is 53.6 Å². The van der Waals surface area contributed by atoms with Gasteiger partial charge in [0.05, 0.1) is 14.2 Å². The van der Waals surface area contributed by atoms with E-state index < -0.39 is 6.04 Å². The van der Waals surface area contributed by atoms with E-state index in [0.717, 1.165) is 11.1 Å². The number of carbonyl (C=O) groups is 2. The predicted octanol–water partition coefficient (Wildman–Crippen LogP) is 2.94. The smallest absolute Gasteiger partial charge is 0.261 e. The van der Waals surface area contributed by atoms with Gasteiger partial charge in [-0.25, -0.2) is 0 Å². The lowest BCUT2D eigenvalue weighted by molar-refractivity contribution is -0.142. The molecule has 0 saturated heterocycles. The van der Waals surface area contributed by atoms with Gasteiger partial charge < -0.3 is 24.4 Å². The predicted molar refractivity (Wildman–Crippen MR) is 115 cm³/mol. The van der Waals surface area contributed by atoms with Crippen LogP contribution in [0.3, 0.4) is 0 Å². The molecule has 2 aromatic carbocycles. The number of hydrogen-bond acceptors (Lipinski definition) is 5. The summed E-state index contributed by atoms with van der Waals surface area (Å²) >= 11 is 0. The Balaban J connectivity index is 2.23. The van der Waals surface area contributed by atoms with Crippen LogP contribution in [0.1, 0.15) is 24.5 Å². The monoisotopic (exact) mass is 414 g/mol. The van der Waals surface area contributed by atoms with Gasteiger partial charge in [-0.05, 0) is 24.5 Å². The average Bonchev–Trinajstić information content (AvgIpc) is 2.77. The number of ether oxygens (including phenoxy) is 3. The first-order chi connectivity index (χ1) is 14.4. The van der Waals surface area contributed by atoms with Crippen LogP contribution in [0.4, 0.5) is 0 Å². The highest BCUT2D eigenvalue weighted by molar-refractivity contribution is 5.88. The second-order valence-electron chi connectivity index (χ2n) is 6.82. The first-order valence-electron chi connectivity index (χ1n) is 9.84. The summed E-state index contributed by atoms with van der Waals surface area (Å²) in [5.74, 6) is 1.08. The summed E-state index contributed by atoms with van der Waals surface area (Å²) in [7, 11) is 4.66. The van der Waals surface area contributed by atoms with E-state index in [4.69, 9.17) is 14.2 Å². The number of likely N-dealkylation sites (N-methyl/N-ethyl adjacent to an activating group) is 1. The lowest BCUT2D eigenvalue weighted by atomic mass is 10.1. The molecule has 0 bridgehead atoms. The van der Waals surface area contributed by atoms with Crippen molar-refractivity contribution in [2.45, 2.75) is 32.9 Å². The summed E-state index contributed by atoms with van der Waals surface area (Å²) in [5.41, 5.74) is 2.04. The molecular formula is C23H30N2O5. The van der Waals surface area contributed by atoms with Gasteiger partial charge >= 0.3 is 0 Å². The molecular weight excluding hydrogens is 384 g/mol. The molecule has 0 spiro atoms. The van der Waals surface area contributed by atoms with Gasteiger partial charge in [0.2, 0.25) is 5.91 Å². The Bertz CT molecular complexity index is 846. The highest BCUT2D eigenvalue weighted by Crippen LogP contribution is 2.27. The summed E-state index contributed by atoms with van der Waals surface area (Å²) in [6, 6.07) is 12.3. The van der Waals surface area contributed by atoms with Crippen molar-refractivity contribution in [1.82, 2.24) is 10.2 Å². The SMILES string of the molecule is CC[C@H](C(=O)NC)N(Cc1ccccc1C)C(=O)COc1cc(OC)cc(OC)c1. The van der Waals surface area contributed by atoms with Gasteiger partial charge in [0.25, 0.3) is 5.91 Å². The van der Waals surface area contributed by atoms with Gasteiger partial charge in [0.15, 0.2) is 6.61 Å². The third kappa shape index (κ3) is 5.89. The van der Waals surface area contributed by atoms with Crippen molar-refractivity contribution < 1.29 is 23.8 Å². The molecule has 30 heavy (non-hydrogen) atoms. The van der Waals surface area contributed by atoms with E-state index >= 15 is 0 Å². The largest absolute Gasteiger partial charge is 0.496 e. The third-order valence-corrected chi connectivity index (χ3v) is 4.92. The minimum atomic E-state index is -0.592. The maximum absolute atomic E-state index is 13.1. The third-order valence-electron chi connectivity index (χ3n) is 4.92. The van der Waals surface area contributed by atoms with E-state index in [1.165, 1.54) is 0 Å². The number of hydrogen-bond donors (Lipinski definition) is 1. The second-order valence-corrected chi connectivity index (χ2v) is 6.82. The van der Waals surface area contributed by atoms with Crippen LogP contribution < -0.4 is 19.5 Å². The topological polar surface area (TPSA) is 77.1 Å². The maximum atomic E-state index is 13.1. The van der Waals surface area contributed by atoms with Gasteiger partial charge in [-0.1, -0.05) is 31.2 Å². The van der Waals surface area contributed by atoms with Crippen molar-refractivity contribution in [3.63, 3.8) is 0 Å². The summed E-state index contributed by atoms with van der Waals surface area (Å²) in [4.78, 5) is 27.1. The molecule has 0 fully saturated rings. The van der Waals surface area contributed by atoms with E-state index in [1.54, 1.807) is 44.4 Å². The molecule has 0 aromatic heterocycles. The average molecular weight is 415 g/mol. The van der Waals surface area contributed by atoms with Crippen LogP contribution in [-0.4, -0.2) is 50.6 Å². The van der Waals surface area contributed by atoms with Crippen LogP contribution in [0.5, 0.6) is 17.2 Å². The zero-order valence-corrected chi connectivity index (χ0v) is 18.2. The van der Waals surface area contributed by atoms with Gasteiger partial charge in [0, 0.05) is 31.8 Å². The standard InChI is InChI=1S/C23H30N2O5/c1-6-21(23(27)24-3)25(14-17-10-8-7-9-16(17)2)22(26)15-30-20-12-18(28-4)11-19(13-20)29-5/h7-13,21H,6,14-15H2,1-5H3,(H,24,27)/t21-/m1/s1. The lowest BCUT2D eigenvalue weighted by Crippen LogP contribution is -2.49. The molecule has 0 aliphatic carbocycles. The van der Waals surface area contributed by atoms with Crippen LogP contribution >= 0.6 is 0 Å². The molecule has 1 N–H and O–H groups in total. The quantitative estimate of drug-likeness (QED) is 0.647. The maximum Gasteiger partial charge on any atom is 0.261 e. The molecule has 1 atom stereocenters. The van der Waals surface area contributed by atoms with Crippen LogP contribution in [0, 0.1) is 6.92 Å². The fraction of sp³-hybridized carbons (Fsp3) is 0.391. The van der Waals surface area contributed by atoms with Crippen molar-refractivity contribution in [2.24, 2.45) is 0 Å². The Morgan fingerprint density at radius 1 is 1.03 bits per heavy atom. The van der Waals surface area contributed by atoms with Crippen LogP contribution in [-0.2, 0) is 16.1 Å². The molecule has 0 unspecified atom stereocenters. The van der Waals surface area contributed by atoms with Crippen molar-refractivity contribution in [1.29, 1.82) is 0 Å². The van der Waals surface area contributed by atoms with Crippen molar-refractivity contribution in [3.8, 4) is 17.2 Å². The first-order valence-corrected chi connectivity index (χ1v) is 9.84. The second kappa shape index (κ2) is 11.1. The number of benzene rings is 2. The van der Waals surface area contributed by atoms with Crippen LogP contribution in [0.15, 0.2) is 42.5 Å². The summed E-state index contributed by atoms with van der Waals surface area (Å²) in [6.07, 6.45) is 0.490. The number of nitrogens with zero attached hydrogens (tertiary/aromatic N) is 1. The zero-order chi connectivity index (χ0) is 22.1. The van der Waals surface area contributed by atoms with E-state index in [9.17, 15) is 9.59 Å². The van der Waals surface area contributed by atoms with E-state index in [1.807, 2.05) is 38.1 Å². The molecule has 0 radical (unpaired) electrons. The first kappa shape index (κ1) is 23.1. The van der Waals surface area contributed by atoms with E-state index in [2.05, 4.69) is 5.32 Å². The molecule has 0 aliphatic rings. The van der Waals surface area contributed by atoms with E-state index in [-0.39, 0.29) is 18.4 Å². The van der Waals surface area contributed by atoms with Gasteiger partial charge in [-0.3, -0.25) is 9.59 Å². The summed E-state index contributed by atoms with van der Waals surface area (Å²) in [5, 5.41) is 2.65. The molecule has 2 amide bonds. The lowest BCUT2D eigenvalue weighted by Gasteiger charge is -2.30. The number of carbonyl (C=O) groups excluding carboxylic acids is 2. The van der Waals surface area contributed by atoms with Gasteiger partial charge in [0.1, 0.15) is 23.3 Å². The zero-order valence-electron chi connectivity index (χ0n) is 18.2. The number of nitrogens with one attached hydrogen (secondary N) is 1. The molecule has 0 saturated carbocycles. The minimum absolute atomic E-state index is 0.206. The van der Waals surface area contributed by atoms with Gasteiger partial charge in [-0.2, -0.15) is 0 Å². The van der Waals surface area contributed by atoms with Crippen LogP contribution in [0.2, 0.25) is 0 Å². The number of aryl methyl sites for hydroxylation is 1. The van der Waals surface area contributed by atoms with Crippen molar-refractivity contribution >= 4 is 11.8 Å². The summed E-state index contributed by atoms with van der Waals surface area (Å²) < 4.78 is 16.2. The number of amides is 2. The molecule has 0 heterocycles. The van der Waals surface area contributed by atoms with Gasteiger partial charge in [-0.15, -0.1) is 0 Å².